The first-order valence-corrected chi connectivity index (χ1v) is 6.37. The summed E-state index contributed by atoms with van der Waals surface area (Å²) < 4.78 is 0. The summed E-state index contributed by atoms with van der Waals surface area (Å²) in [7, 11) is 0. The highest BCUT2D eigenvalue weighted by atomic mass is 16.4. The lowest BCUT2D eigenvalue weighted by atomic mass is 9.67. The van der Waals surface area contributed by atoms with Crippen LogP contribution in [-0.2, 0) is 19.2 Å². The molecule has 3 rings (SSSR count). The minimum absolute atomic E-state index is 0.388. The van der Waals surface area contributed by atoms with Crippen molar-refractivity contribution in [2.75, 3.05) is 0 Å². The molecule has 0 aliphatic heterocycles. The molecule has 8 nitrogen and oxygen atoms in total. The first-order chi connectivity index (χ1) is 9.96. The summed E-state index contributed by atoms with van der Waals surface area (Å²) in [6.45, 7) is 2.61. The maximum absolute atomic E-state index is 11.8. The van der Waals surface area contributed by atoms with Crippen LogP contribution in [0.5, 0.6) is 0 Å². The van der Waals surface area contributed by atoms with Crippen molar-refractivity contribution < 1.29 is 39.6 Å². The highest BCUT2D eigenvalue weighted by molar-refractivity contribution is 6.11. The summed E-state index contributed by atoms with van der Waals surface area (Å²) in [5, 5.41) is 37.8. The molecule has 0 heterocycles. The van der Waals surface area contributed by atoms with Crippen molar-refractivity contribution in [3.63, 3.8) is 0 Å². The molecule has 116 valence electrons. The molecule has 0 spiro atoms. The summed E-state index contributed by atoms with van der Waals surface area (Å²) in [5.74, 6) is -5.85. The van der Waals surface area contributed by atoms with Gasteiger partial charge in [-0.2, -0.15) is 0 Å². The maximum Gasteiger partial charge on any atom is 0.332 e. The third-order valence-corrected chi connectivity index (χ3v) is 6.07. The van der Waals surface area contributed by atoms with Gasteiger partial charge in [-0.25, -0.2) is 9.59 Å². The second kappa shape index (κ2) is 3.23. The molecule has 4 N–H and O–H groups in total. The molecule has 0 aromatic heterocycles. The van der Waals surface area contributed by atoms with E-state index < -0.39 is 45.5 Å². The highest BCUT2D eigenvalue weighted by Gasteiger charge is 3.00. The van der Waals surface area contributed by atoms with Crippen LogP contribution in [-0.4, -0.2) is 44.3 Å². The molecular weight excluding hydrogens is 296 g/mol. The Morgan fingerprint density at radius 3 is 1.32 bits per heavy atom. The highest BCUT2D eigenvalue weighted by Crippen LogP contribution is 2.94. The zero-order valence-electron chi connectivity index (χ0n) is 11.6. The van der Waals surface area contributed by atoms with E-state index in [9.17, 15) is 39.6 Å². The van der Waals surface area contributed by atoms with E-state index in [4.69, 9.17) is 0 Å². The minimum Gasteiger partial charge on any atom is -0.481 e. The molecule has 22 heavy (non-hydrogen) atoms. The van der Waals surface area contributed by atoms with Crippen molar-refractivity contribution in [2.45, 2.75) is 13.8 Å². The van der Waals surface area contributed by atoms with Crippen LogP contribution in [0.2, 0.25) is 0 Å². The van der Waals surface area contributed by atoms with Gasteiger partial charge in [0.15, 0.2) is 0 Å². The third-order valence-electron chi connectivity index (χ3n) is 6.07. The van der Waals surface area contributed by atoms with Gasteiger partial charge in [0, 0.05) is 22.0 Å². The topological polar surface area (TPSA) is 149 Å². The van der Waals surface area contributed by atoms with E-state index in [0.29, 0.717) is 0 Å². The second-order valence-electron chi connectivity index (χ2n) is 6.20. The summed E-state index contributed by atoms with van der Waals surface area (Å²) >= 11 is 0. The van der Waals surface area contributed by atoms with Gasteiger partial charge in [-0.15, -0.1) is 0 Å². The summed E-state index contributed by atoms with van der Waals surface area (Å²) in [4.78, 5) is 46.5. The van der Waals surface area contributed by atoms with Crippen molar-refractivity contribution in [1.29, 1.82) is 0 Å². The molecule has 8 heteroatoms. The number of aliphatic carboxylic acids is 4. The lowest BCUT2D eigenvalue weighted by Crippen LogP contribution is -2.36. The molecule has 3 aliphatic rings. The van der Waals surface area contributed by atoms with E-state index in [0.717, 1.165) is 12.2 Å². The van der Waals surface area contributed by atoms with Crippen LogP contribution in [0.3, 0.4) is 0 Å². The van der Waals surface area contributed by atoms with Crippen LogP contribution in [0.4, 0.5) is 0 Å². The number of rotatable bonds is 4. The lowest BCUT2D eigenvalue weighted by molar-refractivity contribution is -0.150. The zero-order valence-corrected chi connectivity index (χ0v) is 11.6. The number of hydrogen-bond acceptors (Lipinski definition) is 4. The number of hydrogen-bond donors (Lipinski definition) is 4. The molecule has 3 aliphatic carbocycles. The molecule has 1 fully saturated rings. The Kier molecular flexibility index (Phi) is 2.10. The Morgan fingerprint density at radius 1 is 0.773 bits per heavy atom. The van der Waals surface area contributed by atoms with Crippen LogP contribution in [0, 0.1) is 21.7 Å². The van der Waals surface area contributed by atoms with Gasteiger partial charge >= 0.3 is 23.9 Å². The Bertz CT molecular complexity index is 701. The van der Waals surface area contributed by atoms with Gasteiger partial charge in [0.1, 0.15) is 10.8 Å². The van der Waals surface area contributed by atoms with Gasteiger partial charge in [0.25, 0.3) is 0 Å². The minimum atomic E-state index is -1.95. The van der Waals surface area contributed by atoms with Crippen molar-refractivity contribution in [3.8, 4) is 0 Å². The molecule has 0 aromatic carbocycles. The maximum atomic E-state index is 11.8. The number of carboxylic acids is 4. The van der Waals surface area contributed by atoms with Crippen molar-refractivity contribution >= 4 is 23.9 Å². The fourth-order valence-corrected chi connectivity index (χ4v) is 4.93. The number of carbonyl (C=O) groups is 4. The van der Waals surface area contributed by atoms with Gasteiger partial charge in [0.2, 0.25) is 0 Å². The molecule has 0 saturated heterocycles. The molecule has 1 saturated carbocycles. The van der Waals surface area contributed by atoms with Gasteiger partial charge in [-0.05, 0) is 0 Å². The Balaban J connectivity index is 2.44. The van der Waals surface area contributed by atoms with Crippen molar-refractivity contribution in [1.82, 2.24) is 0 Å². The molecule has 2 unspecified atom stereocenters. The quantitative estimate of drug-likeness (QED) is 0.575. The molecule has 0 bridgehead atoms. The average Bonchev–Trinajstić information content (AvgIpc) is 2.72. The number of carboxylic acid groups (broad SMARTS) is 4. The predicted octanol–water partition coefficient (Wildman–Crippen LogP) is 0.204. The van der Waals surface area contributed by atoms with Crippen molar-refractivity contribution in [2.24, 2.45) is 21.7 Å². The van der Waals surface area contributed by atoms with Crippen molar-refractivity contribution in [3.05, 3.63) is 23.3 Å². The van der Waals surface area contributed by atoms with Crippen LogP contribution in [0.15, 0.2) is 23.3 Å². The smallest absolute Gasteiger partial charge is 0.332 e. The average molecular weight is 308 g/mol. The van der Waals surface area contributed by atoms with Gasteiger partial charge < -0.3 is 20.4 Å². The first-order valence-electron chi connectivity index (χ1n) is 6.37. The molecule has 0 aromatic rings. The molecular formula is C14H12O8. The monoisotopic (exact) mass is 308 g/mol. The molecule has 0 amide bonds. The van der Waals surface area contributed by atoms with E-state index >= 15 is 0 Å². The van der Waals surface area contributed by atoms with E-state index in [2.05, 4.69) is 0 Å². The number of fused-ring (bicyclic) bond motifs is 1. The Morgan fingerprint density at radius 2 is 1.09 bits per heavy atom. The van der Waals surface area contributed by atoms with Crippen LogP contribution < -0.4 is 0 Å². The molecule has 0 radical (unpaired) electrons. The largest absolute Gasteiger partial charge is 0.481 e. The standard InChI is InChI=1S/C14H12O8/c1-11-5(7(15)16)3-13(9(19)20)12(11,2)14(13,10(21)22)4-6(11)8(17)18/h3-4H,1-2H3,(H,15,16)(H,17,18)(H,19,20)(H,21,22). The fourth-order valence-electron chi connectivity index (χ4n) is 4.93. The fraction of sp³-hybridized carbons (Fsp3) is 0.429. The summed E-state index contributed by atoms with van der Waals surface area (Å²) in [5.41, 5.74) is -7.95. The van der Waals surface area contributed by atoms with E-state index in [1.165, 1.54) is 13.8 Å². The SMILES string of the molecule is CC12C(C(=O)O)=CC3(C(=O)O)C(C(=O)O)(C=C1C(=O)O)C23C. The summed E-state index contributed by atoms with van der Waals surface area (Å²) in [6, 6.07) is 0. The lowest BCUT2D eigenvalue weighted by Gasteiger charge is -2.32. The normalized spacial score (nSPS) is 43.9. The second-order valence-corrected chi connectivity index (χ2v) is 6.20. The van der Waals surface area contributed by atoms with Gasteiger partial charge in [0.05, 0.1) is 0 Å². The first kappa shape index (κ1) is 14.3. The zero-order chi connectivity index (χ0) is 16.9. The Labute approximate surface area is 123 Å². The third kappa shape index (κ3) is 0.863. The van der Waals surface area contributed by atoms with E-state index in [-0.39, 0.29) is 11.1 Å². The van der Waals surface area contributed by atoms with E-state index in [1.54, 1.807) is 0 Å². The van der Waals surface area contributed by atoms with Crippen LogP contribution in [0.1, 0.15) is 13.8 Å². The van der Waals surface area contributed by atoms with Gasteiger partial charge in [-0.1, -0.05) is 26.0 Å². The van der Waals surface area contributed by atoms with E-state index in [1.807, 2.05) is 0 Å². The molecule has 2 atom stereocenters. The van der Waals surface area contributed by atoms with Crippen LogP contribution in [0.25, 0.3) is 0 Å². The van der Waals surface area contributed by atoms with Crippen LogP contribution >= 0.6 is 0 Å². The van der Waals surface area contributed by atoms with Gasteiger partial charge in [-0.3, -0.25) is 9.59 Å². The summed E-state index contributed by atoms with van der Waals surface area (Å²) in [6.07, 6.45) is 1.83. The predicted molar refractivity (Wildman–Crippen MR) is 67.8 cm³/mol. The Hall–Kier alpha value is -2.64.